The molecule has 0 aliphatic carbocycles. The van der Waals surface area contributed by atoms with E-state index in [2.05, 4.69) is 22.0 Å². The molecule has 0 amide bonds. The Balaban J connectivity index is 2.53. The fourth-order valence-corrected chi connectivity index (χ4v) is 1.79. The van der Waals surface area contributed by atoms with Gasteiger partial charge in [0.25, 0.3) is 0 Å². The Bertz CT molecular complexity index is 412. The van der Waals surface area contributed by atoms with Gasteiger partial charge in [-0.25, -0.2) is 0 Å². The first kappa shape index (κ1) is 13.3. The van der Waals surface area contributed by atoms with Gasteiger partial charge in [0.05, 0.1) is 23.1 Å². The summed E-state index contributed by atoms with van der Waals surface area (Å²) in [4.78, 5) is 0. The molecule has 0 aliphatic heterocycles. The first-order valence-electron chi connectivity index (χ1n) is 4.94. The summed E-state index contributed by atoms with van der Waals surface area (Å²) in [5, 5.41) is 9.42. The van der Waals surface area contributed by atoms with Crippen LogP contribution in [-0.4, -0.2) is 6.61 Å². The Morgan fingerprint density at radius 2 is 2.19 bits per heavy atom. The van der Waals surface area contributed by atoms with Gasteiger partial charge in [0.1, 0.15) is 5.75 Å². The highest BCUT2D eigenvalue weighted by molar-refractivity contribution is 9.10. The topological polar surface area (TPSA) is 33.0 Å². The van der Waals surface area contributed by atoms with Crippen LogP contribution in [0.4, 0.5) is 0 Å². The van der Waals surface area contributed by atoms with Gasteiger partial charge in [-0.2, -0.15) is 5.26 Å². The summed E-state index contributed by atoms with van der Waals surface area (Å²) in [6.45, 7) is 4.26. The maximum Gasteiger partial charge on any atom is 0.137 e. The van der Waals surface area contributed by atoms with Gasteiger partial charge in [0.2, 0.25) is 0 Å². The standard InChI is InChI=1S/C12H13BrClNO/c1-12(2,8-15)5-6-16-11-4-3-9(13)7-10(11)14/h3-4,7H,5-6H2,1-2H3. The quantitative estimate of drug-likeness (QED) is 0.824. The van der Waals surface area contributed by atoms with Gasteiger partial charge >= 0.3 is 0 Å². The largest absolute Gasteiger partial charge is 0.492 e. The van der Waals surface area contributed by atoms with E-state index in [1.54, 1.807) is 6.07 Å². The number of benzene rings is 1. The summed E-state index contributed by atoms with van der Waals surface area (Å²) in [5.74, 6) is 0.651. The van der Waals surface area contributed by atoms with Crippen LogP contribution in [0.5, 0.6) is 5.75 Å². The molecule has 0 bridgehead atoms. The van der Waals surface area contributed by atoms with Crippen LogP contribution in [0.2, 0.25) is 5.02 Å². The van der Waals surface area contributed by atoms with Crippen molar-refractivity contribution in [1.29, 1.82) is 5.26 Å². The van der Waals surface area contributed by atoms with E-state index in [4.69, 9.17) is 21.6 Å². The molecule has 0 saturated heterocycles. The zero-order chi connectivity index (χ0) is 12.2. The average Bonchev–Trinajstić information content (AvgIpc) is 2.21. The van der Waals surface area contributed by atoms with Crippen molar-refractivity contribution in [2.75, 3.05) is 6.61 Å². The van der Waals surface area contributed by atoms with Crippen molar-refractivity contribution in [2.45, 2.75) is 20.3 Å². The molecule has 0 radical (unpaired) electrons. The minimum absolute atomic E-state index is 0.359. The molecule has 0 saturated carbocycles. The second-order valence-electron chi connectivity index (χ2n) is 4.17. The number of hydrogen-bond acceptors (Lipinski definition) is 2. The molecule has 0 fully saturated rings. The molecule has 1 rings (SSSR count). The van der Waals surface area contributed by atoms with Gasteiger partial charge in [-0.05, 0) is 38.5 Å². The van der Waals surface area contributed by atoms with Crippen LogP contribution in [0.3, 0.4) is 0 Å². The molecule has 0 aliphatic rings. The lowest BCUT2D eigenvalue weighted by Gasteiger charge is -2.15. The van der Waals surface area contributed by atoms with Gasteiger partial charge in [-0.1, -0.05) is 27.5 Å². The number of ether oxygens (including phenoxy) is 1. The maximum atomic E-state index is 8.84. The molecule has 0 spiro atoms. The lowest BCUT2D eigenvalue weighted by Crippen LogP contribution is -2.13. The third-order valence-corrected chi connectivity index (χ3v) is 2.97. The van der Waals surface area contributed by atoms with Crippen molar-refractivity contribution in [3.8, 4) is 11.8 Å². The molecule has 1 aromatic rings. The van der Waals surface area contributed by atoms with Gasteiger partial charge in [-0.3, -0.25) is 0 Å². The molecule has 1 aromatic carbocycles. The Labute approximate surface area is 109 Å². The summed E-state index contributed by atoms with van der Waals surface area (Å²) in [6, 6.07) is 7.70. The highest BCUT2D eigenvalue weighted by Crippen LogP contribution is 2.28. The van der Waals surface area contributed by atoms with Crippen molar-refractivity contribution in [1.82, 2.24) is 0 Å². The number of hydrogen-bond donors (Lipinski definition) is 0. The first-order chi connectivity index (χ1) is 7.44. The number of nitrogens with zero attached hydrogens (tertiary/aromatic N) is 1. The van der Waals surface area contributed by atoms with Crippen molar-refractivity contribution < 1.29 is 4.74 Å². The van der Waals surface area contributed by atoms with E-state index >= 15 is 0 Å². The Kier molecular flexibility index (Phi) is 4.64. The Hall–Kier alpha value is -0.720. The van der Waals surface area contributed by atoms with E-state index in [1.165, 1.54) is 0 Å². The molecular weight excluding hydrogens is 289 g/mol. The second-order valence-corrected chi connectivity index (χ2v) is 5.49. The van der Waals surface area contributed by atoms with E-state index < -0.39 is 0 Å². The van der Waals surface area contributed by atoms with Gasteiger partial charge in [0, 0.05) is 4.47 Å². The van der Waals surface area contributed by atoms with Crippen LogP contribution in [0.15, 0.2) is 22.7 Å². The Morgan fingerprint density at radius 1 is 1.50 bits per heavy atom. The maximum absolute atomic E-state index is 8.84. The molecule has 0 N–H and O–H groups in total. The minimum Gasteiger partial charge on any atom is -0.492 e. The SMILES string of the molecule is CC(C)(C#N)CCOc1ccc(Br)cc1Cl. The first-order valence-corrected chi connectivity index (χ1v) is 6.11. The molecule has 86 valence electrons. The van der Waals surface area contributed by atoms with E-state index in [1.807, 2.05) is 26.0 Å². The van der Waals surface area contributed by atoms with E-state index in [0.29, 0.717) is 23.8 Å². The predicted octanol–water partition coefficient (Wildman–Crippen LogP) is 4.42. The molecule has 0 unspecified atom stereocenters. The summed E-state index contributed by atoms with van der Waals surface area (Å²) in [5.41, 5.74) is -0.359. The monoisotopic (exact) mass is 301 g/mol. The van der Waals surface area contributed by atoms with Crippen LogP contribution in [0.25, 0.3) is 0 Å². The van der Waals surface area contributed by atoms with Crippen LogP contribution < -0.4 is 4.74 Å². The molecular formula is C12H13BrClNO. The third-order valence-electron chi connectivity index (χ3n) is 2.18. The normalized spacial score (nSPS) is 10.9. The lowest BCUT2D eigenvalue weighted by atomic mass is 9.92. The molecule has 4 heteroatoms. The minimum atomic E-state index is -0.359. The highest BCUT2D eigenvalue weighted by atomic mass is 79.9. The summed E-state index contributed by atoms with van der Waals surface area (Å²) >= 11 is 9.32. The molecule has 2 nitrogen and oxygen atoms in total. The van der Waals surface area contributed by atoms with Crippen molar-refractivity contribution >= 4 is 27.5 Å². The smallest absolute Gasteiger partial charge is 0.137 e. The lowest BCUT2D eigenvalue weighted by molar-refractivity contribution is 0.264. The Morgan fingerprint density at radius 3 is 2.75 bits per heavy atom. The second kappa shape index (κ2) is 5.56. The van der Waals surface area contributed by atoms with Crippen LogP contribution in [0, 0.1) is 16.7 Å². The molecule has 16 heavy (non-hydrogen) atoms. The van der Waals surface area contributed by atoms with Crippen molar-refractivity contribution in [3.05, 3.63) is 27.7 Å². The van der Waals surface area contributed by atoms with Crippen LogP contribution in [0.1, 0.15) is 20.3 Å². The summed E-state index contributed by atoms with van der Waals surface area (Å²) in [6.07, 6.45) is 0.676. The number of nitriles is 1. The van der Waals surface area contributed by atoms with Gasteiger partial charge in [-0.15, -0.1) is 0 Å². The molecule has 0 aromatic heterocycles. The predicted molar refractivity (Wildman–Crippen MR) is 68.7 cm³/mol. The van der Waals surface area contributed by atoms with Gasteiger partial charge in [0.15, 0.2) is 0 Å². The fourth-order valence-electron chi connectivity index (χ4n) is 1.06. The number of halogens is 2. The van der Waals surface area contributed by atoms with Crippen molar-refractivity contribution in [3.63, 3.8) is 0 Å². The highest BCUT2D eigenvalue weighted by Gasteiger charge is 2.16. The third kappa shape index (κ3) is 4.03. The van der Waals surface area contributed by atoms with Gasteiger partial charge < -0.3 is 4.74 Å². The summed E-state index contributed by atoms with van der Waals surface area (Å²) < 4.78 is 6.44. The van der Waals surface area contributed by atoms with Crippen LogP contribution in [-0.2, 0) is 0 Å². The molecule has 0 heterocycles. The van der Waals surface area contributed by atoms with E-state index in [-0.39, 0.29) is 5.41 Å². The zero-order valence-electron chi connectivity index (χ0n) is 9.26. The van der Waals surface area contributed by atoms with E-state index in [9.17, 15) is 0 Å². The zero-order valence-corrected chi connectivity index (χ0v) is 11.6. The fraction of sp³-hybridized carbons (Fsp3) is 0.417. The summed E-state index contributed by atoms with van der Waals surface area (Å²) in [7, 11) is 0. The average molecular weight is 303 g/mol. The van der Waals surface area contributed by atoms with Crippen molar-refractivity contribution in [2.24, 2.45) is 5.41 Å². The van der Waals surface area contributed by atoms with E-state index in [0.717, 1.165) is 4.47 Å². The molecule has 0 atom stereocenters. The number of rotatable bonds is 4. The van der Waals surface area contributed by atoms with Crippen LogP contribution >= 0.6 is 27.5 Å².